The molecule has 0 aliphatic carbocycles. The van der Waals surface area contributed by atoms with E-state index in [4.69, 9.17) is 14.2 Å². The molecule has 1 aliphatic heterocycles. The van der Waals surface area contributed by atoms with Gasteiger partial charge in [0, 0.05) is 24.7 Å². The van der Waals surface area contributed by atoms with Gasteiger partial charge < -0.3 is 19.1 Å². The number of ketones is 1. The predicted octanol–water partition coefficient (Wildman–Crippen LogP) is 3.58. The highest BCUT2D eigenvalue weighted by Crippen LogP contribution is 2.29. The molecular formula is C24H27NO6. The summed E-state index contributed by atoms with van der Waals surface area (Å²) >= 11 is 0. The maximum absolute atomic E-state index is 12.7. The summed E-state index contributed by atoms with van der Waals surface area (Å²) in [7, 11) is 0. The van der Waals surface area contributed by atoms with Crippen LogP contribution in [0.15, 0.2) is 42.5 Å². The molecule has 31 heavy (non-hydrogen) atoms. The number of Topliss-reactive ketones (excluding diaryl/α,β-unsaturated/α-hetero) is 1. The molecule has 0 saturated heterocycles. The second kappa shape index (κ2) is 10.1. The molecule has 0 unspecified atom stereocenters. The van der Waals surface area contributed by atoms with Crippen LogP contribution in [0, 0.1) is 0 Å². The van der Waals surface area contributed by atoms with E-state index < -0.39 is 12.1 Å². The van der Waals surface area contributed by atoms with Gasteiger partial charge in [-0.25, -0.2) is 0 Å². The summed E-state index contributed by atoms with van der Waals surface area (Å²) in [5, 5.41) is 0. The van der Waals surface area contributed by atoms with Crippen LogP contribution in [0.2, 0.25) is 0 Å². The van der Waals surface area contributed by atoms with Crippen LogP contribution in [0.4, 0.5) is 5.69 Å². The predicted molar refractivity (Wildman–Crippen MR) is 116 cm³/mol. The number of carbonyl (C=O) groups is 3. The Morgan fingerprint density at radius 2 is 1.71 bits per heavy atom. The molecule has 0 saturated carbocycles. The summed E-state index contributed by atoms with van der Waals surface area (Å²) in [4.78, 5) is 38.1. The number of rotatable bonds is 9. The third-order valence-electron chi connectivity index (χ3n) is 5.03. The topological polar surface area (TPSA) is 82.1 Å². The van der Waals surface area contributed by atoms with E-state index in [1.807, 2.05) is 6.92 Å². The molecule has 0 bridgehead atoms. The SMILES string of the molecule is CCOc1ccc(OCCC(=O)O[C@H](C)C(=O)c2ccc3c(c2)CCN3C(C)=O)cc1. The van der Waals surface area contributed by atoms with Crippen LogP contribution >= 0.6 is 0 Å². The van der Waals surface area contributed by atoms with E-state index in [9.17, 15) is 14.4 Å². The van der Waals surface area contributed by atoms with Crippen LogP contribution in [0.5, 0.6) is 11.5 Å². The summed E-state index contributed by atoms with van der Waals surface area (Å²) in [6, 6.07) is 12.3. The molecule has 1 heterocycles. The fourth-order valence-electron chi connectivity index (χ4n) is 3.48. The molecule has 1 atom stereocenters. The molecule has 0 radical (unpaired) electrons. The number of nitrogens with zero attached hydrogens (tertiary/aromatic N) is 1. The molecule has 0 aromatic heterocycles. The summed E-state index contributed by atoms with van der Waals surface area (Å²) in [6.07, 6.45) is -0.170. The lowest BCUT2D eigenvalue weighted by Gasteiger charge is -2.16. The van der Waals surface area contributed by atoms with Crippen LogP contribution in [0.3, 0.4) is 0 Å². The largest absolute Gasteiger partial charge is 0.494 e. The number of ether oxygens (including phenoxy) is 3. The van der Waals surface area contributed by atoms with Crippen LogP contribution < -0.4 is 14.4 Å². The fourth-order valence-corrected chi connectivity index (χ4v) is 3.48. The molecule has 3 rings (SSSR count). The highest BCUT2D eigenvalue weighted by atomic mass is 16.5. The molecule has 7 heteroatoms. The van der Waals surface area contributed by atoms with E-state index >= 15 is 0 Å². The molecule has 7 nitrogen and oxygen atoms in total. The quantitative estimate of drug-likeness (QED) is 0.451. The Bertz CT molecular complexity index is 953. The van der Waals surface area contributed by atoms with Gasteiger partial charge in [0.05, 0.1) is 19.6 Å². The van der Waals surface area contributed by atoms with Gasteiger partial charge in [0.15, 0.2) is 6.10 Å². The first-order valence-electron chi connectivity index (χ1n) is 10.4. The highest BCUT2D eigenvalue weighted by molar-refractivity contribution is 6.01. The standard InChI is InChI=1S/C24H27NO6/c1-4-29-20-6-8-21(9-7-20)30-14-12-23(27)31-16(2)24(28)19-5-10-22-18(15-19)11-13-25(22)17(3)26/h5-10,15-16H,4,11-14H2,1-3H3/t16-/m1/s1. The lowest BCUT2D eigenvalue weighted by molar-refractivity contribution is -0.146. The average Bonchev–Trinajstić information content (AvgIpc) is 3.18. The number of carbonyl (C=O) groups excluding carboxylic acids is 3. The number of hydrogen-bond acceptors (Lipinski definition) is 6. The number of esters is 1. The third kappa shape index (κ3) is 5.63. The normalized spacial score (nSPS) is 13.3. The molecule has 0 fully saturated rings. The number of hydrogen-bond donors (Lipinski definition) is 0. The molecule has 0 N–H and O–H groups in total. The van der Waals surface area contributed by atoms with Crippen LogP contribution in [0.25, 0.3) is 0 Å². The second-order valence-corrected chi connectivity index (χ2v) is 7.26. The van der Waals surface area contributed by atoms with E-state index in [1.54, 1.807) is 54.3 Å². The van der Waals surface area contributed by atoms with Crippen molar-refractivity contribution in [2.24, 2.45) is 0 Å². The summed E-state index contributed by atoms with van der Waals surface area (Å²) in [5.41, 5.74) is 2.25. The minimum Gasteiger partial charge on any atom is -0.494 e. The first-order valence-corrected chi connectivity index (χ1v) is 10.4. The van der Waals surface area contributed by atoms with Crippen molar-refractivity contribution in [3.8, 4) is 11.5 Å². The zero-order valence-corrected chi connectivity index (χ0v) is 18.1. The summed E-state index contributed by atoms with van der Waals surface area (Å²) < 4.78 is 16.2. The minimum absolute atomic E-state index is 0.0208. The Balaban J connectivity index is 1.48. The number of amides is 1. The Labute approximate surface area is 181 Å². The number of anilines is 1. The minimum atomic E-state index is -0.902. The van der Waals surface area contributed by atoms with Crippen molar-refractivity contribution in [3.63, 3.8) is 0 Å². The van der Waals surface area contributed by atoms with Crippen molar-refractivity contribution < 1.29 is 28.6 Å². The van der Waals surface area contributed by atoms with Crippen molar-refractivity contribution in [2.45, 2.75) is 39.7 Å². The lowest BCUT2D eigenvalue weighted by Crippen LogP contribution is -2.26. The van der Waals surface area contributed by atoms with Gasteiger partial charge in [-0.3, -0.25) is 14.4 Å². The maximum atomic E-state index is 12.7. The van der Waals surface area contributed by atoms with Crippen LogP contribution in [-0.2, 0) is 20.7 Å². The third-order valence-corrected chi connectivity index (χ3v) is 5.03. The average molecular weight is 425 g/mol. The first-order chi connectivity index (χ1) is 14.9. The molecule has 1 aliphatic rings. The van der Waals surface area contributed by atoms with Gasteiger partial charge in [0.1, 0.15) is 11.5 Å². The van der Waals surface area contributed by atoms with Gasteiger partial charge in [-0.2, -0.15) is 0 Å². The van der Waals surface area contributed by atoms with E-state index in [0.29, 0.717) is 30.9 Å². The summed E-state index contributed by atoms with van der Waals surface area (Å²) in [5.74, 6) is 0.577. The van der Waals surface area contributed by atoms with E-state index in [-0.39, 0.29) is 24.7 Å². The van der Waals surface area contributed by atoms with Crippen molar-refractivity contribution in [3.05, 3.63) is 53.6 Å². The molecular weight excluding hydrogens is 398 g/mol. The van der Waals surface area contributed by atoms with E-state index in [2.05, 4.69) is 0 Å². The highest BCUT2D eigenvalue weighted by Gasteiger charge is 2.25. The van der Waals surface area contributed by atoms with E-state index in [0.717, 1.165) is 17.0 Å². The maximum Gasteiger partial charge on any atom is 0.309 e. The first kappa shape index (κ1) is 22.3. The van der Waals surface area contributed by atoms with Crippen molar-refractivity contribution >= 4 is 23.3 Å². The number of benzene rings is 2. The van der Waals surface area contributed by atoms with Gasteiger partial charge in [-0.1, -0.05) is 0 Å². The van der Waals surface area contributed by atoms with Gasteiger partial charge in [0.25, 0.3) is 0 Å². The molecule has 2 aromatic carbocycles. The van der Waals surface area contributed by atoms with E-state index in [1.165, 1.54) is 6.92 Å². The van der Waals surface area contributed by atoms with Crippen LogP contribution in [-0.4, -0.2) is 43.5 Å². The smallest absolute Gasteiger partial charge is 0.309 e. The van der Waals surface area contributed by atoms with Gasteiger partial charge in [-0.15, -0.1) is 0 Å². The monoisotopic (exact) mass is 425 g/mol. The Kier molecular flexibility index (Phi) is 7.28. The Morgan fingerprint density at radius 1 is 1.03 bits per heavy atom. The van der Waals surface area contributed by atoms with Gasteiger partial charge in [0.2, 0.25) is 11.7 Å². The van der Waals surface area contributed by atoms with Gasteiger partial charge >= 0.3 is 5.97 Å². The second-order valence-electron chi connectivity index (χ2n) is 7.26. The molecule has 1 amide bonds. The van der Waals surface area contributed by atoms with Crippen LogP contribution in [0.1, 0.15) is 43.1 Å². The fraction of sp³-hybridized carbons (Fsp3) is 0.375. The zero-order chi connectivity index (χ0) is 22.4. The van der Waals surface area contributed by atoms with Crippen molar-refractivity contribution in [1.82, 2.24) is 0 Å². The summed E-state index contributed by atoms with van der Waals surface area (Å²) in [6.45, 7) is 6.34. The molecule has 164 valence electrons. The Morgan fingerprint density at radius 3 is 2.35 bits per heavy atom. The van der Waals surface area contributed by atoms with Crippen molar-refractivity contribution in [2.75, 3.05) is 24.7 Å². The number of fused-ring (bicyclic) bond motifs is 1. The van der Waals surface area contributed by atoms with Crippen molar-refractivity contribution in [1.29, 1.82) is 0 Å². The zero-order valence-electron chi connectivity index (χ0n) is 18.1. The molecule has 0 spiro atoms. The molecule has 2 aromatic rings. The Hall–Kier alpha value is -3.35. The van der Waals surface area contributed by atoms with Gasteiger partial charge in [-0.05, 0) is 68.3 Å². The lowest BCUT2D eigenvalue weighted by atomic mass is 10.0.